The van der Waals surface area contributed by atoms with E-state index in [1.807, 2.05) is 0 Å². The molecule has 0 atom stereocenters. The van der Waals surface area contributed by atoms with Crippen molar-refractivity contribution in [3.05, 3.63) is 40.1 Å². The van der Waals surface area contributed by atoms with Crippen molar-refractivity contribution in [2.75, 3.05) is 13.6 Å². The summed E-state index contributed by atoms with van der Waals surface area (Å²) in [6, 6.07) is 8.43. The molecular formula is C14H16BrN3. The monoisotopic (exact) mass is 305 g/mol. The minimum atomic E-state index is 0.958. The predicted octanol–water partition coefficient (Wildman–Crippen LogP) is 3.07. The first-order valence-corrected chi connectivity index (χ1v) is 6.95. The van der Waals surface area contributed by atoms with Crippen LogP contribution in [0.5, 0.6) is 0 Å². The van der Waals surface area contributed by atoms with Gasteiger partial charge in [0.05, 0.1) is 5.69 Å². The molecule has 0 spiro atoms. The van der Waals surface area contributed by atoms with Crippen LogP contribution in [0.25, 0.3) is 11.4 Å². The van der Waals surface area contributed by atoms with Gasteiger partial charge in [0.1, 0.15) is 10.4 Å². The number of benzene rings is 1. The van der Waals surface area contributed by atoms with Crippen LogP contribution in [0.3, 0.4) is 0 Å². The minimum Gasteiger partial charge on any atom is -0.325 e. The van der Waals surface area contributed by atoms with Crippen LogP contribution in [0.15, 0.2) is 28.9 Å². The molecule has 1 aromatic heterocycles. The fourth-order valence-corrected chi connectivity index (χ4v) is 2.99. The molecule has 4 heteroatoms. The molecular weight excluding hydrogens is 290 g/mol. The average Bonchev–Trinajstić information content (AvgIpc) is 2.67. The zero-order chi connectivity index (χ0) is 12.7. The molecule has 18 heavy (non-hydrogen) atoms. The Morgan fingerprint density at radius 3 is 2.78 bits per heavy atom. The van der Waals surface area contributed by atoms with Crippen LogP contribution in [0.4, 0.5) is 0 Å². The largest absolute Gasteiger partial charge is 0.325 e. The van der Waals surface area contributed by atoms with Gasteiger partial charge < -0.3 is 4.57 Å². The lowest BCUT2D eigenvalue weighted by atomic mass is 10.1. The highest BCUT2D eigenvalue weighted by Gasteiger charge is 2.22. The molecule has 0 saturated heterocycles. The van der Waals surface area contributed by atoms with Crippen molar-refractivity contribution in [1.82, 2.24) is 14.5 Å². The van der Waals surface area contributed by atoms with Gasteiger partial charge in [-0.25, -0.2) is 4.98 Å². The summed E-state index contributed by atoms with van der Waals surface area (Å²) in [6.07, 6.45) is 0. The molecule has 1 aliphatic heterocycles. The van der Waals surface area contributed by atoms with Gasteiger partial charge in [0.25, 0.3) is 0 Å². The van der Waals surface area contributed by atoms with Crippen LogP contribution in [0.2, 0.25) is 0 Å². The predicted molar refractivity (Wildman–Crippen MR) is 76.4 cm³/mol. The van der Waals surface area contributed by atoms with E-state index >= 15 is 0 Å². The Labute approximate surface area is 116 Å². The lowest BCUT2D eigenvalue weighted by Crippen LogP contribution is -2.30. The van der Waals surface area contributed by atoms with Crippen molar-refractivity contribution in [3.63, 3.8) is 0 Å². The summed E-state index contributed by atoms with van der Waals surface area (Å²) < 4.78 is 3.32. The van der Waals surface area contributed by atoms with Gasteiger partial charge in [0, 0.05) is 25.2 Å². The van der Waals surface area contributed by atoms with E-state index in [2.05, 4.69) is 63.6 Å². The Hall–Kier alpha value is -1.13. The Bertz CT molecular complexity index is 589. The third-order valence-corrected chi connectivity index (χ3v) is 4.17. The average molecular weight is 306 g/mol. The molecule has 1 aromatic carbocycles. The van der Waals surface area contributed by atoms with Gasteiger partial charge in [-0.05, 0) is 35.5 Å². The number of hydrogen-bond acceptors (Lipinski definition) is 2. The summed E-state index contributed by atoms with van der Waals surface area (Å²) in [5.41, 5.74) is 3.78. The first-order chi connectivity index (χ1) is 8.66. The van der Waals surface area contributed by atoms with Gasteiger partial charge in [0.15, 0.2) is 0 Å². The number of rotatable bonds is 1. The van der Waals surface area contributed by atoms with Gasteiger partial charge >= 0.3 is 0 Å². The molecule has 3 nitrogen and oxygen atoms in total. The first-order valence-electron chi connectivity index (χ1n) is 6.16. The topological polar surface area (TPSA) is 21.1 Å². The van der Waals surface area contributed by atoms with Crippen molar-refractivity contribution in [3.8, 4) is 11.4 Å². The van der Waals surface area contributed by atoms with Gasteiger partial charge in [-0.3, -0.25) is 4.90 Å². The van der Waals surface area contributed by atoms with Crippen molar-refractivity contribution < 1.29 is 0 Å². The van der Waals surface area contributed by atoms with E-state index in [1.165, 1.54) is 16.8 Å². The normalized spacial score (nSPS) is 15.7. The smallest absolute Gasteiger partial charge is 0.141 e. The lowest BCUT2D eigenvalue weighted by Gasteiger charge is -2.25. The highest BCUT2D eigenvalue weighted by Crippen LogP contribution is 2.30. The molecule has 1 aliphatic rings. The summed E-state index contributed by atoms with van der Waals surface area (Å²) in [7, 11) is 2.15. The number of likely N-dealkylation sites (N-methyl/N-ethyl adjacent to an activating group) is 1. The van der Waals surface area contributed by atoms with Crippen molar-refractivity contribution in [2.45, 2.75) is 20.0 Å². The Balaban J connectivity index is 2.15. The fraction of sp³-hybridized carbons (Fsp3) is 0.357. The maximum Gasteiger partial charge on any atom is 0.141 e. The van der Waals surface area contributed by atoms with Crippen molar-refractivity contribution >= 4 is 15.9 Å². The number of nitrogens with zero attached hydrogens (tertiary/aromatic N) is 3. The number of halogens is 1. The Kier molecular flexibility index (Phi) is 2.99. The molecule has 0 aliphatic carbocycles. The van der Waals surface area contributed by atoms with Crippen LogP contribution in [-0.4, -0.2) is 28.0 Å². The lowest BCUT2D eigenvalue weighted by molar-refractivity contribution is 0.270. The number of aryl methyl sites for hydroxylation is 1. The van der Waals surface area contributed by atoms with Gasteiger partial charge in [-0.2, -0.15) is 0 Å². The molecule has 0 fully saturated rings. The van der Waals surface area contributed by atoms with E-state index in [0.717, 1.165) is 30.1 Å². The number of imidazole rings is 1. The molecule has 0 radical (unpaired) electrons. The summed E-state index contributed by atoms with van der Waals surface area (Å²) in [5, 5.41) is 0. The summed E-state index contributed by atoms with van der Waals surface area (Å²) in [6.45, 7) is 5.18. The first kappa shape index (κ1) is 11.9. The van der Waals surface area contributed by atoms with Crippen LogP contribution < -0.4 is 0 Å². The molecule has 0 amide bonds. The highest BCUT2D eigenvalue weighted by molar-refractivity contribution is 9.10. The Morgan fingerprint density at radius 1 is 1.22 bits per heavy atom. The quantitative estimate of drug-likeness (QED) is 0.807. The molecule has 94 valence electrons. The SMILES string of the molecule is Cc1ccccc1-c1nc(Br)c2n1CCN(C)C2. The fourth-order valence-electron chi connectivity index (χ4n) is 2.48. The third-order valence-electron chi connectivity index (χ3n) is 3.53. The van der Waals surface area contributed by atoms with E-state index in [1.54, 1.807) is 0 Å². The number of fused-ring (bicyclic) bond motifs is 1. The van der Waals surface area contributed by atoms with Crippen LogP contribution in [0.1, 0.15) is 11.3 Å². The second-order valence-corrected chi connectivity index (χ2v) is 5.63. The molecule has 2 aromatic rings. The third kappa shape index (κ3) is 1.89. The second kappa shape index (κ2) is 4.52. The van der Waals surface area contributed by atoms with Crippen LogP contribution >= 0.6 is 15.9 Å². The number of aromatic nitrogens is 2. The zero-order valence-corrected chi connectivity index (χ0v) is 12.2. The maximum absolute atomic E-state index is 4.71. The molecule has 3 rings (SSSR count). The van der Waals surface area contributed by atoms with Crippen molar-refractivity contribution in [1.29, 1.82) is 0 Å². The van der Waals surface area contributed by atoms with E-state index in [-0.39, 0.29) is 0 Å². The molecule has 0 bridgehead atoms. The van der Waals surface area contributed by atoms with E-state index < -0.39 is 0 Å². The maximum atomic E-state index is 4.71. The standard InChI is InChI=1S/C14H16BrN3/c1-10-5-3-4-6-11(10)14-16-13(15)12-9-17(2)7-8-18(12)14/h3-6H,7-9H2,1-2H3. The molecule has 0 unspecified atom stereocenters. The minimum absolute atomic E-state index is 0.958. The van der Waals surface area contributed by atoms with Gasteiger partial charge in [-0.1, -0.05) is 24.3 Å². The molecule has 0 N–H and O–H groups in total. The van der Waals surface area contributed by atoms with Crippen LogP contribution in [0, 0.1) is 6.92 Å². The van der Waals surface area contributed by atoms with E-state index in [4.69, 9.17) is 4.98 Å². The Morgan fingerprint density at radius 2 is 2.00 bits per heavy atom. The summed E-state index contributed by atoms with van der Waals surface area (Å²) in [4.78, 5) is 7.03. The van der Waals surface area contributed by atoms with E-state index in [0.29, 0.717) is 0 Å². The highest BCUT2D eigenvalue weighted by atomic mass is 79.9. The van der Waals surface area contributed by atoms with Crippen LogP contribution in [-0.2, 0) is 13.1 Å². The number of hydrogen-bond donors (Lipinski definition) is 0. The summed E-state index contributed by atoms with van der Waals surface area (Å²) in [5.74, 6) is 1.09. The van der Waals surface area contributed by atoms with Gasteiger partial charge in [0.2, 0.25) is 0 Å². The zero-order valence-electron chi connectivity index (χ0n) is 10.7. The van der Waals surface area contributed by atoms with Gasteiger partial charge in [-0.15, -0.1) is 0 Å². The second-order valence-electron chi connectivity index (χ2n) is 4.88. The van der Waals surface area contributed by atoms with E-state index in [9.17, 15) is 0 Å². The summed E-state index contributed by atoms with van der Waals surface area (Å²) >= 11 is 3.59. The molecule has 2 heterocycles. The molecule has 0 saturated carbocycles. The van der Waals surface area contributed by atoms with Crippen molar-refractivity contribution in [2.24, 2.45) is 0 Å².